The van der Waals surface area contributed by atoms with Crippen LogP contribution in [-0.4, -0.2) is 24.1 Å². The molecule has 5 nitrogen and oxygen atoms in total. The van der Waals surface area contributed by atoms with E-state index >= 15 is 0 Å². The second-order valence-corrected chi connectivity index (χ2v) is 4.50. The first-order valence-electron chi connectivity index (χ1n) is 5.78. The first kappa shape index (κ1) is 16.5. The van der Waals surface area contributed by atoms with Gasteiger partial charge in [-0.2, -0.15) is 0 Å². The molecule has 0 saturated heterocycles. The van der Waals surface area contributed by atoms with Gasteiger partial charge in [0.25, 0.3) is 0 Å². The number of carbonyl (C=O) groups is 2. The highest BCUT2D eigenvalue weighted by Crippen LogP contribution is 2.24. The highest BCUT2D eigenvalue weighted by molar-refractivity contribution is 6.63. The summed E-state index contributed by atoms with van der Waals surface area (Å²) in [6.45, 7) is 2.90. The van der Waals surface area contributed by atoms with Crippen LogP contribution in [0.25, 0.3) is 0 Å². The Kier molecular flexibility index (Phi) is 6.48. The molecule has 0 aliphatic rings. The highest BCUT2D eigenvalue weighted by Gasteiger charge is 2.19. The topological polar surface area (TPSA) is 65.0 Å². The zero-order valence-electron chi connectivity index (χ0n) is 11.0. The summed E-state index contributed by atoms with van der Waals surface area (Å²) in [7, 11) is 0. The monoisotopic (exact) mass is 317 g/mol. The molecule has 1 aromatic rings. The molecular formula is C13H13Cl2NO4. The lowest BCUT2D eigenvalue weighted by Gasteiger charge is -2.06. The summed E-state index contributed by atoms with van der Waals surface area (Å²) in [5.41, 5.74) is 0.112. The Morgan fingerprint density at radius 1 is 1.25 bits per heavy atom. The van der Waals surface area contributed by atoms with E-state index in [0.29, 0.717) is 15.6 Å². The Bertz CT molecular complexity index is 523. The predicted octanol–water partition coefficient (Wildman–Crippen LogP) is 3.02. The number of ketones is 1. The van der Waals surface area contributed by atoms with Gasteiger partial charge in [0, 0.05) is 22.5 Å². The van der Waals surface area contributed by atoms with Gasteiger partial charge in [-0.3, -0.25) is 4.79 Å². The van der Waals surface area contributed by atoms with Gasteiger partial charge < -0.3 is 9.57 Å². The average Bonchev–Trinajstić information content (AvgIpc) is 2.37. The molecule has 0 atom stereocenters. The number of hydrogen-bond acceptors (Lipinski definition) is 5. The molecule has 0 amide bonds. The molecule has 0 fully saturated rings. The Labute approximate surface area is 126 Å². The van der Waals surface area contributed by atoms with Crippen LogP contribution in [0.4, 0.5) is 0 Å². The third-order valence-electron chi connectivity index (χ3n) is 2.23. The molecule has 0 aliphatic carbocycles. The van der Waals surface area contributed by atoms with Crippen LogP contribution in [0.1, 0.15) is 19.4 Å². The van der Waals surface area contributed by atoms with E-state index in [2.05, 4.69) is 5.16 Å². The van der Waals surface area contributed by atoms with Crippen molar-refractivity contribution in [1.82, 2.24) is 0 Å². The largest absolute Gasteiger partial charge is 0.461 e. The molecule has 1 aromatic carbocycles. The fraction of sp³-hybridized carbons (Fsp3) is 0.308. The fourth-order valence-electron chi connectivity index (χ4n) is 1.28. The molecule has 20 heavy (non-hydrogen) atoms. The first-order chi connectivity index (χ1) is 9.47. The molecule has 0 spiro atoms. The normalized spacial score (nSPS) is 11.1. The standard InChI is InChI=1S/C13H13Cl2NO4/c1-3-19-13(18)12(8(2)17)16-20-7-9-10(14)5-4-6-11(9)15/h4-6H,3,7H2,1-2H3/b16-12-. The summed E-state index contributed by atoms with van der Waals surface area (Å²) in [5.74, 6) is -1.38. The number of carbonyl (C=O) groups excluding carboxylic acids is 2. The van der Waals surface area contributed by atoms with Crippen LogP contribution in [0.3, 0.4) is 0 Å². The minimum atomic E-state index is -0.828. The molecule has 0 bridgehead atoms. The number of nitrogens with zero attached hydrogens (tertiary/aromatic N) is 1. The van der Waals surface area contributed by atoms with Crippen LogP contribution >= 0.6 is 23.2 Å². The summed E-state index contributed by atoms with van der Waals surface area (Å²) in [6.07, 6.45) is 0. The second kappa shape index (κ2) is 7.87. The summed E-state index contributed by atoms with van der Waals surface area (Å²) in [4.78, 5) is 27.7. The highest BCUT2D eigenvalue weighted by atomic mass is 35.5. The lowest BCUT2D eigenvalue weighted by atomic mass is 10.2. The van der Waals surface area contributed by atoms with Gasteiger partial charge in [-0.15, -0.1) is 0 Å². The van der Waals surface area contributed by atoms with E-state index < -0.39 is 17.5 Å². The predicted molar refractivity (Wildman–Crippen MR) is 76.0 cm³/mol. The van der Waals surface area contributed by atoms with Crippen LogP contribution in [0.15, 0.2) is 23.4 Å². The van der Waals surface area contributed by atoms with E-state index in [9.17, 15) is 9.59 Å². The number of oxime groups is 1. The van der Waals surface area contributed by atoms with Crippen molar-refractivity contribution in [2.24, 2.45) is 5.16 Å². The van der Waals surface area contributed by atoms with Crippen molar-refractivity contribution in [1.29, 1.82) is 0 Å². The van der Waals surface area contributed by atoms with Crippen molar-refractivity contribution in [3.8, 4) is 0 Å². The van der Waals surface area contributed by atoms with Gasteiger partial charge in [-0.05, 0) is 19.1 Å². The van der Waals surface area contributed by atoms with E-state index in [4.69, 9.17) is 32.8 Å². The summed E-state index contributed by atoms with van der Waals surface area (Å²) < 4.78 is 4.69. The first-order valence-corrected chi connectivity index (χ1v) is 6.53. The van der Waals surface area contributed by atoms with Gasteiger partial charge in [0.2, 0.25) is 5.71 Å². The van der Waals surface area contributed by atoms with Gasteiger partial charge in [-0.1, -0.05) is 34.4 Å². The Morgan fingerprint density at radius 3 is 2.35 bits per heavy atom. The Morgan fingerprint density at radius 2 is 1.85 bits per heavy atom. The maximum atomic E-state index is 11.5. The number of rotatable bonds is 6. The summed E-state index contributed by atoms with van der Waals surface area (Å²) >= 11 is 11.9. The molecule has 0 unspecified atom stereocenters. The van der Waals surface area contributed by atoms with Gasteiger partial charge in [0.15, 0.2) is 5.78 Å². The summed E-state index contributed by atoms with van der Waals surface area (Å²) in [6, 6.07) is 4.98. The third-order valence-corrected chi connectivity index (χ3v) is 2.94. The van der Waals surface area contributed by atoms with Crippen LogP contribution in [0, 0.1) is 0 Å². The van der Waals surface area contributed by atoms with E-state index in [1.807, 2.05) is 0 Å². The number of hydrogen-bond donors (Lipinski definition) is 0. The van der Waals surface area contributed by atoms with Crippen molar-refractivity contribution in [2.45, 2.75) is 20.5 Å². The number of ether oxygens (including phenoxy) is 1. The van der Waals surface area contributed by atoms with E-state index in [-0.39, 0.29) is 13.2 Å². The van der Waals surface area contributed by atoms with Crippen molar-refractivity contribution in [3.63, 3.8) is 0 Å². The SMILES string of the molecule is CCOC(=O)/C(=N\OCc1c(Cl)cccc1Cl)C(C)=O. The molecule has 0 N–H and O–H groups in total. The van der Waals surface area contributed by atoms with Gasteiger partial charge >= 0.3 is 5.97 Å². The van der Waals surface area contributed by atoms with E-state index in [1.165, 1.54) is 6.92 Å². The molecule has 1 rings (SSSR count). The van der Waals surface area contributed by atoms with E-state index in [0.717, 1.165) is 0 Å². The van der Waals surface area contributed by atoms with Crippen molar-refractivity contribution in [3.05, 3.63) is 33.8 Å². The minimum absolute atomic E-state index is 0.0608. The fourth-order valence-corrected chi connectivity index (χ4v) is 1.78. The third kappa shape index (κ3) is 4.51. The zero-order valence-corrected chi connectivity index (χ0v) is 12.5. The smallest absolute Gasteiger partial charge is 0.364 e. The molecular weight excluding hydrogens is 305 g/mol. The average molecular weight is 318 g/mol. The number of esters is 1. The van der Waals surface area contributed by atoms with Gasteiger partial charge in [0.05, 0.1) is 6.61 Å². The quantitative estimate of drug-likeness (QED) is 0.350. The number of halogens is 2. The molecule has 7 heteroatoms. The Balaban J connectivity index is 2.79. The maximum Gasteiger partial charge on any atom is 0.364 e. The van der Waals surface area contributed by atoms with E-state index in [1.54, 1.807) is 25.1 Å². The molecule has 0 aromatic heterocycles. The van der Waals surface area contributed by atoms with Crippen LogP contribution in [-0.2, 0) is 25.8 Å². The van der Waals surface area contributed by atoms with Crippen LogP contribution in [0.5, 0.6) is 0 Å². The number of benzene rings is 1. The number of Topliss-reactive ketones (excluding diaryl/α,β-unsaturated/α-hetero) is 1. The lowest BCUT2D eigenvalue weighted by Crippen LogP contribution is -2.24. The molecule has 0 aliphatic heterocycles. The molecule has 0 saturated carbocycles. The molecule has 0 radical (unpaired) electrons. The van der Waals surface area contributed by atoms with Gasteiger partial charge in [-0.25, -0.2) is 4.79 Å². The molecule has 108 valence electrons. The van der Waals surface area contributed by atoms with Crippen molar-refractivity contribution >= 4 is 40.7 Å². The zero-order chi connectivity index (χ0) is 15.1. The minimum Gasteiger partial charge on any atom is -0.461 e. The summed E-state index contributed by atoms with van der Waals surface area (Å²) in [5, 5.41) is 4.32. The Hall–Kier alpha value is -1.59. The van der Waals surface area contributed by atoms with Gasteiger partial charge in [0.1, 0.15) is 6.61 Å². The lowest BCUT2D eigenvalue weighted by molar-refractivity contribution is -0.136. The second-order valence-electron chi connectivity index (χ2n) is 3.69. The molecule has 0 heterocycles. The van der Waals surface area contributed by atoms with Crippen molar-refractivity contribution < 1.29 is 19.2 Å². The van der Waals surface area contributed by atoms with Crippen LogP contribution < -0.4 is 0 Å². The van der Waals surface area contributed by atoms with Crippen LogP contribution in [0.2, 0.25) is 10.0 Å². The van der Waals surface area contributed by atoms with Crippen molar-refractivity contribution in [2.75, 3.05) is 6.61 Å². The maximum absolute atomic E-state index is 11.5.